The van der Waals surface area contributed by atoms with Gasteiger partial charge >= 0.3 is 0 Å². The number of nitrogens with one attached hydrogen (secondary N) is 7. The Bertz CT molecular complexity index is 2480. The standard InChI is InChI=1S/C50H64N8O8/c1-28(2)43(56-47(63)40(53-30(5)59)24-33-26-51-37-19-12-10-17-35(33)37)49(65)55-39(23-32-15-8-7-9-16-32)45(61)46(62)42-21-14-22-58(42)50(66)44(29(3)4)57-48(64)41(54-31(6)60)25-34-27-52-38-20-13-11-18-36(34)38/h7-13,15-20,26-29,39-46,51-52,61-62H,14,21-25H2,1-6H3,(H,53,59)(H,54,60)(H,55,65)(H,56,63)(H,57,64). The maximum absolute atomic E-state index is 14.5. The Morgan fingerprint density at radius 2 is 1.11 bits per heavy atom. The number of aromatic amines is 2. The molecule has 8 unspecified atom stereocenters. The predicted octanol–water partition coefficient (Wildman–Crippen LogP) is 3.17. The number of para-hydroxylation sites is 2. The van der Waals surface area contributed by atoms with Crippen LogP contribution >= 0.6 is 0 Å². The fraction of sp³-hybridized carbons (Fsp3) is 0.440. The number of carbonyl (C=O) groups excluding carboxylic acids is 6. The summed E-state index contributed by atoms with van der Waals surface area (Å²) in [6, 6.07) is 18.3. The van der Waals surface area contributed by atoms with Crippen LogP contribution in [-0.4, -0.2) is 116 Å². The number of amides is 6. The third-order valence-corrected chi connectivity index (χ3v) is 12.4. The molecule has 352 valence electrons. The molecule has 3 heterocycles. The van der Waals surface area contributed by atoms with E-state index in [1.807, 2.05) is 78.9 Å². The van der Waals surface area contributed by atoms with Crippen molar-refractivity contribution in [3.05, 3.63) is 108 Å². The van der Waals surface area contributed by atoms with Gasteiger partial charge in [-0.25, -0.2) is 0 Å². The number of hydrogen-bond donors (Lipinski definition) is 9. The monoisotopic (exact) mass is 904 g/mol. The molecular formula is C50H64N8O8. The number of likely N-dealkylation sites (tertiary alicyclic amines) is 1. The molecule has 6 amide bonds. The molecule has 8 atom stereocenters. The molecule has 1 saturated heterocycles. The Kier molecular flexibility index (Phi) is 16.4. The highest BCUT2D eigenvalue weighted by atomic mass is 16.3. The van der Waals surface area contributed by atoms with Crippen molar-refractivity contribution in [2.75, 3.05) is 6.54 Å². The average molecular weight is 905 g/mol. The average Bonchev–Trinajstić information content (AvgIpc) is 4.05. The van der Waals surface area contributed by atoms with Crippen molar-refractivity contribution in [1.29, 1.82) is 0 Å². The van der Waals surface area contributed by atoms with Crippen molar-refractivity contribution in [2.45, 2.75) is 122 Å². The van der Waals surface area contributed by atoms with Gasteiger partial charge in [0.05, 0.1) is 12.1 Å². The van der Waals surface area contributed by atoms with Gasteiger partial charge in [-0.2, -0.15) is 0 Å². The first-order valence-electron chi connectivity index (χ1n) is 22.8. The lowest BCUT2D eigenvalue weighted by molar-refractivity contribution is -0.143. The number of carbonyl (C=O) groups is 6. The summed E-state index contributed by atoms with van der Waals surface area (Å²) >= 11 is 0. The SMILES string of the molecule is CC(=O)NC(Cc1c[nH]c2ccccc12)C(=O)NC(C(=O)NC(Cc1ccccc1)C(O)C(O)C1CCCN1C(=O)C(NC(=O)C(Cc1c[nH]c2ccccc12)NC(C)=O)C(C)C)C(C)C. The van der Waals surface area contributed by atoms with Gasteiger partial charge in [0.15, 0.2) is 0 Å². The molecule has 0 aliphatic carbocycles. The van der Waals surface area contributed by atoms with Crippen LogP contribution in [0.3, 0.4) is 0 Å². The molecule has 1 aliphatic heterocycles. The zero-order chi connectivity index (χ0) is 47.7. The van der Waals surface area contributed by atoms with Gasteiger partial charge in [0.1, 0.15) is 36.4 Å². The highest BCUT2D eigenvalue weighted by molar-refractivity contribution is 5.94. The third kappa shape index (κ3) is 12.0. The van der Waals surface area contributed by atoms with Crippen molar-refractivity contribution in [2.24, 2.45) is 11.8 Å². The molecule has 16 heteroatoms. The molecule has 5 aromatic rings. The molecular weight excluding hydrogens is 841 g/mol. The first kappa shape index (κ1) is 48.9. The van der Waals surface area contributed by atoms with Crippen LogP contribution in [0.5, 0.6) is 0 Å². The van der Waals surface area contributed by atoms with Gasteiger partial charge in [-0.1, -0.05) is 94.4 Å². The van der Waals surface area contributed by atoms with Gasteiger partial charge in [0.25, 0.3) is 0 Å². The van der Waals surface area contributed by atoms with Crippen LogP contribution in [0.15, 0.2) is 91.3 Å². The molecule has 0 bridgehead atoms. The Morgan fingerprint density at radius 3 is 1.61 bits per heavy atom. The normalized spacial score (nSPS) is 17.1. The highest BCUT2D eigenvalue weighted by Gasteiger charge is 2.43. The van der Waals surface area contributed by atoms with Gasteiger partial charge in [-0.3, -0.25) is 28.8 Å². The van der Waals surface area contributed by atoms with E-state index in [-0.39, 0.29) is 25.8 Å². The Morgan fingerprint density at radius 1 is 0.621 bits per heavy atom. The lowest BCUT2D eigenvalue weighted by Crippen LogP contribution is -2.62. The summed E-state index contributed by atoms with van der Waals surface area (Å²) in [4.78, 5) is 89.2. The second-order valence-corrected chi connectivity index (χ2v) is 18.1. The molecule has 0 radical (unpaired) electrons. The number of fused-ring (bicyclic) bond motifs is 2. The van der Waals surface area contributed by atoms with Crippen LogP contribution in [-0.2, 0) is 48.0 Å². The molecule has 6 rings (SSSR count). The number of hydrogen-bond acceptors (Lipinski definition) is 8. The van der Waals surface area contributed by atoms with E-state index in [1.165, 1.54) is 18.7 Å². The fourth-order valence-electron chi connectivity index (χ4n) is 8.97. The minimum atomic E-state index is -1.59. The lowest BCUT2D eigenvalue weighted by Gasteiger charge is -2.37. The molecule has 0 saturated carbocycles. The van der Waals surface area contributed by atoms with Crippen LogP contribution in [0.1, 0.15) is 71.1 Å². The summed E-state index contributed by atoms with van der Waals surface area (Å²) in [5, 5.41) is 40.0. The highest BCUT2D eigenvalue weighted by Crippen LogP contribution is 2.27. The number of rotatable bonds is 20. The van der Waals surface area contributed by atoms with E-state index in [4.69, 9.17) is 0 Å². The van der Waals surface area contributed by atoms with Crippen LogP contribution in [0.2, 0.25) is 0 Å². The Labute approximate surface area is 385 Å². The van der Waals surface area contributed by atoms with Crippen LogP contribution < -0.4 is 26.6 Å². The third-order valence-electron chi connectivity index (χ3n) is 12.4. The van der Waals surface area contributed by atoms with E-state index in [2.05, 4.69) is 36.6 Å². The largest absolute Gasteiger partial charge is 0.388 e. The van der Waals surface area contributed by atoms with Gasteiger partial charge < -0.3 is 51.7 Å². The van der Waals surface area contributed by atoms with Crippen LogP contribution in [0, 0.1) is 11.8 Å². The van der Waals surface area contributed by atoms with Crippen LogP contribution in [0.4, 0.5) is 0 Å². The second-order valence-electron chi connectivity index (χ2n) is 18.1. The Balaban J connectivity index is 1.18. The van der Waals surface area contributed by atoms with Crippen molar-refractivity contribution in [1.82, 2.24) is 41.5 Å². The smallest absolute Gasteiger partial charge is 0.245 e. The molecule has 1 fully saturated rings. The van der Waals surface area contributed by atoms with Crippen molar-refractivity contribution in [3.63, 3.8) is 0 Å². The number of H-pyrrole nitrogens is 2. The quantitative estimate of drug-likeness (QED) is 0.0561. The maximum Gasteiger partial charge on any atom is 0.245 e. The summed E-state index contributed by atoms with van der Waals surface area (Å²) < 4.78 is 0. The van der Waals surface area contributed by atoms with E-state index < -0.39 is 95.7 Å². The summed E-state index contributed by atoms with van der Waals surface area (Å²) in [7, 11) is 0. The number of benzene rings is 3. The lowest BCUT2D eigenvalue weighted by atomic mass is 9.91. The zero-order valence-electron chi connectivity index (χ0n) is 38.5. The number of aliphatic hydroxyl groups is 2. The number of aromatic nitrogens is 2. The zero-order valence-corrected chi connectivity index (χ0v) is 38.5. The summed E-state index contributed by atoms with van der Waals surface area (Å²) in [5.74, 6) is -3.83. The molecule has 66 heavy (non-hydrogen) atoms. The Hall–Kier alpha value is -6.52. The van der Waals surface area contributed by atoms with E-state index in [1.54, 1.807) is 40.1 Å². The van der Waals surface area contributed by atoms with E-state index >= 15 is 0 Å². The molecule has 3 aromatic carbocycles. The predicted molar refractivity (Wildman–Crippen MR) is 252 cm³/mol. The molecule has 1 aliphatic rings. The maximum atomic E-state index is 14.5. The topological polar surface area (TPSA) is 238 Å². The first-order chi connectivity index (χ1) is 31.5. The van der Waals surface area contributed by atoms with E-state index in [9.17, 15) is 39.0 Å². The van der Waals surface area contributed by atoms with Crippen molar-refractivity contribution < 1.29 is 39.0 Å². The molecule has 16 nitrogen and oxygen atoms in total. The number of aliphatic hydroxyl groups excluding tert-OH is 2. The molecule has 0 spiro atoms. The van der Waals surface area contributed by atoms with Gasteiger partial charge in [0.2, 0.25) is 35.4 Å². The summed E-state index contributed by atoms with van der Waals surface area (Å²) in [6.45, 7) is 10.0. The molecule has 2 aromatic heterocycles. The fourth-order valence-corrected chi connectivity index (χ4v) is 8.97. The minimum absolute atomic E-state index is 0.102. The summed E-state index contributed by atoms with van der Waals surface area (Å²) in [5.41, 5.74) is 4.14. The van der Waals surface area contributed by atoms with E-state index in [0.29, 0.717) is 12.8 Å². The summed E-state index contributed by atoms with van der Waals surface area (Å²) in [6.07, 6.45) is 1.75. The van der Waals surface area contributed by atoms with Gasteiger partial charge in [-0.05, 0) is 59.9 Å². The van der Waals surface area contributed by atoms with E-state index in [0.717, 1.165) is 38.5 Å². The first-order valence-corrected chi connectivity index (χ1v) is 22.8. The second kappa shape index (κ2) is 22.1. The van der Waals surface area contributed by atoms with Gasteiger partial charge in [0, 0.05) is 67.4 Å². The van der Waals surface area contributed by atoms with Crippen LogP contribution in [0.25, 0.3) is 21.8 Å². The minimum Gasteiger partial charge on any atom is -0.388 e. The molecule has 9 N–H and O–H groups in total. The van der Waals surface area contributed by atoms with Crippen molar-refractivity contribution >= 4 is 57.2 Å². The van der Waals surface area contributed by atoms with Gasteiger partial charge in [-0.15, -0.1) is 0 Å². The number of nitrogens with zero attached hydrogens (tertiary/aromatic N) is 1. The van der Waals surface area contributed by atoms with Crippen molar-refractivity contribution in [3.8, 4) is 0 Å².